The van der Waals surface area contributed by atoms with Crippen molar-refractivity contribution < 1.29 is 36.2 Å². The van der Waals surface area contributed by atoms with Gasteiger partial charge >= 0.3 is 13.0 Å². The molecule has 4 nitrogen and oxygen atoms in total. The summed E-state index contributed by atoms with van der Waals surface area (Å²) in [4.78, 5) is 13.3. The summed E-state index contributed by atoms with van der Waals surface area (Å²) in [5.41, 5.74) is 0.293. The van der Waals surface area contributed by atoms with Gasteiger partial charge in [0.05, 0.1) is 0 Å². The molecule has 9 heteroatoms. The van der Waals surface area contributed by atoms with E-state index in [9.17, 15) is 26.7 Å². The van der Waals surface area contributed by atoms with Crippen molar-refractivity contribution in [2.75, 3.05) is 6.54 Å². The van der Waals surface area contributed by atoms with Gasteiger partial charge < -0.3 is 14.8 Å². The van der Waals surface area contributed by atoms with Gasteiger partial charge in [0.1, 0.15) is 17.3 Å². The van der Waals surface area contributed by atoms with Crippen LogP contribution in [-0.4, -0.2) is 25.3 Å². The first-order valence-corrected chi connectivity index (χ1v) is 10.3. The summed E-state index contributed by atoms with van der Waals surface area (Å²) < 4.78 is 72.6. The Hall–Kier alpha value is -2.68. The minimum Gasteiger partial charge on any atom is -0.435 e. The van der Waals surface area contributed by atoms with Crippen LogP contribution >= 0.6 is 0 Å². The van der Waals surface area contributed by atoms with Crippen LogP contribution < -0.4 is 14.8 Å². The van der Waals surface area contributed by atoms with E-state index in [1.54, 1.807) is 0 Å². The van der Waals surface area contributed by atoms with Gasteiger partial charge in [0, 0.05) is 23.4 Å². The molecule has 2 fully saturated rings. The number of halogens is 5. The normalized spacial score (nSPS) is 26.0. The number of carbonyl (C=O) groups excluding carboxylic acids is 1. The highest BCUT2D eigenvalue weighted by Crippen LogP contribution is 2.56. The third-order valence-electron chi connectivity index (χ3n) is 6.30. The highest BCUT2D eigenvalue weighted by molar-refractivity contribution is 5.89. The maximum absolute atomic E-state index is 13.3. The van der Waals surface area contributed by atoms with E-state index in [-0.39, 0.29) is 29.6 Å². The van der Waals surface area contributed by atoms with Gasteiger partial charge in [0.15, 0.2) is 0 Å². The van der Waals surface area contributed by atoms with Crippen LogP contribution in [0, 0.1) is 5.41 Å². The van der Waals surface area contributed by atoms with Gasteiger partial charge in [-0.3, -0.25) is 4.79 Å². The van der Waals surface area contributed by atoms with E-state index >= 15 is 0 Å². The van der Waals surface area contributed by atoms with Gasteiger partial charge in [-0.1, -0.05) is 30.3 Å². The van der Waals surface area contributed by atoms with Gasteiger partial charge in [-0.25, -0.2) is 0 Å². The summed E-state index contributed by atoms with van der Waals surface area (Å²) in [6, 6.07) is 12.2. The molecule has 172 valence electrons. The quantitative estimate of drug-likeness (QED) is 0.584. The number of Topliss-reactive ketones (excluding diaryl/α,β-unsaturated/α-hetero) is 1. The summed E-state index contributed by atoms with van der Waals surface area (Å²) in [6.07, 6.45) is -3.22. The number of ketones is 1. The zero-order valence-electron chi connectivity index (χ0n) is 17.0. The van der Waals surface area contributed by atoms with Crippen LogP contribution in [0.3, 0.4) is 0 Å². The summed E-state index contributed by atoms with van der Waals surface area (Å²) >= 11 is 0. The van der Waals surface area contributed by atoms with E-state index in [0.29, 0.717) is 12.8 Å². The van der Waals surface area contributed by atoms with Crippen molar-refractivity contribution in [2.24, 2.45) is 5.41 Å². The summed E-state index contributed by atoms with van der Waals surface area (Å²) in [6.45, 7) is -2.42. The third-order valence-corrected chi connectivity index (χ3v) is 6.30. The maximum atomic E-state index is 13.3. The predicted molar refractivity (Wildman–Crippen MR) is 106 cm³/mol. The molecule has 2 aromatic rings. The number of piperidine rings is 1. The molecule has 3 atom stereocenters. The number of benzene rings is 2. The lowest BCUT2D eigenvalue weighted by Gasteiger charge is -2.41. The standard InChI is InChI=1S/C23H22F5NO3/c24-21(25)31-18-8-7-16(32-23(26,27)28)12-17(18)15-11-19(30)22(13-15)9-4-10-29-20(22)14-5-2-1-3-6-14/h1-3,5-8,12,15,20-21,29H,4,9-11,13H2. The number of carbonyl (C=O) groups is 1. The Morgan fingerprint density at radius 3 is 2.53 bits per heavy atom. The SMILES string of the molecule is O=C1CC(c2cc(OC(F)(F)F)ccc2OC(F)F)CC12CCCNC2c1ccccc1. The molecule has 1 aliphatic carbocycles. The van der Waals surface area contributed by atoms with Crippen molar-refractivity contribution in [2.45, 2.75) is 50.6 Å². The molecule has 1 N–H and O–H groups in total. The molecule has 0 radical (unpaired) electrons. The number of nitrogens with one attached hydrogen (secondary N) is 1. The molecular weight excluding hydrogens is 433 g/mol. The molecule has 2 aromatic carbocycles. The molecule has 4 rings (SSSR count). The number of hydrogen-bond acceptors (Lipinski definition) is 4. The average Bonchev–Trinajstić information content (AvgIpc) is 3.05. The van der Waals surface area contributed by atoms with Crippen molar-refractivity contribution in [1.29, 1.82) is 0 Å². The largest absolute Gasteiger partial charge is 0.573 e. The van der Waals surface area contributed by atoms with Crippen molar-refractivity contribution in [3.63, 3.8) is 0 Å². The van der Waals surface area contributed by atoms with Crippen molar-refractivity contribution >= 4 is 5.78 Å². The maximum Gasteiger partial charge on any atom is 0.573 e. The van der Waals surface area contributed by atoms with Gasteiger partial charge in [-0.05, 0) is 55.5 Å². The van der Waals surface area contributed by atoms with E-state index in [1.807, 2.05) is 30.3 Å². The first-order valence-electron chi connectivity index (χ1n) is 10.3. The topological polar surface area (TPSA) is 47.6 Å². The minimum atomic E-state index is -4.93. The molecule has 0 aromatic heterocycles. The fourth-order valence-electron chi connectivity index (χ4n) is 5.11. The molecule has 1 spiro atoms. The molecule has 1 aliphatic heterocycles. The number of ether oxygens (including phenoxy) is 2. The molecular formula is C23H22F5NO3. The monoisotopic (exact) mass is 455 g/mol. The zero-order valence-corrected chi connectivity index (χ0v) is 17.0. The molecule has 0 bridgehead atoms. The predicted octanol–water partition coefficient (Wildman–Crippen LogP) is 5.74. The van der Waals surface area contributed by atoms with E-state index in [1.165, 1.54) is 0 Å². The Morgan fingerprint density at radius 1 is 1.09 bits per heavy atom. The van der Waals surface area contributed by atoms with E-state index in [2.05, 4.69) is 14.8 Å². The fourth-order valence-corrected chi connectivity index (χ4v) is 5.11. The molecule has 1 saturated carbocycles. The second-order valence-corrected chi connectivity index (χ2v) is 8.21. The van der Waals surface area contributed by atoms with E-state index in [0.717, 1.165) is 36.7 Å². The zero-order chi connectivity index (χ0) is 22.9. The molecule has 1 heterocycles. The number of alkyl halides is 5. The lowest BCUT2D eigenvalue weighted by atomic mass is 9.69. The van der Waals surface area contributed by atoms with Crippen molar-refractivity contribution in [3.05, 3.63) is 59.7 Å². The van der Waals surface area contributed by atoms with Crippen LogP contribution in [0.5, 0.6) is 11.5 Å². The second-order valence-electron chi connectivity index (χ2n) is 8.21. The second kappa shape index (κ2) is 8.69. The first-order chi connectivity index (χ1) is 15.2. The minimum absolute atomic E-state index is 0.0279. The average molecular weight is 455 g/mol. The van der Waals surface area contributed by atoms with Crippen LogP contribution in [0.2, 0.25) is 0 Å². The third kappa shape index (κ3) is 4.57. The summed E-state index contributed by atoms with van der Waals surface area (Å²) in [5, 5.41) is 3.41. The molecule has 2 aliphatic rings. The Kier molecular flexibility index (Phi) is 6.11. The van der Waals surface area contributed by atoms with Crippen LogP contribution in [0.25, 0.3) is 0 Å². The smallest absolute Gasteiger partial charge is 0.435 e. The van der Waals surface area contributed by atoms with Gasteiger partial charge in [0.25, 0.3) is 0 Å². The highest BCUT2D eigenvalue weighted by Gasteiger charge is 2.53. The van der Waals surface area contributed by atoms with Crippen LogP contribution in [-0.2, 0) is 4.79 Å². The summed E-state index contributed by atoms with van der Waals surface area (Å²) in [7, 11) is 0. The van der Waals surface area contributed by atoms with Crippen molar-refractivity contribution in [1.82, 2.24) is 5.32 Å². The van der Waals surface area contributed by atoms with Gasteiger partial charge in [0.2, 0.25) is 0 Å². The highest BCUT2D eigenvalue weighted by atomic mass is 19.4. The molecule has 1 saturated heterocycles. The Balaban J connectivity index is 1.70. The molecule has 3 unspecified atom stereocenters. The fraction of sp³-hybridized carbons (Fsp3) is 0.435. The molecule has 0 amide bonds. The van der Waals surface area contributed by atoms with Crippen LogP contribution in [0.1, 0.15) is 48.8 Å². The number of rotatable bonds is 5. The Morgan fingerprint density at radius 2 is 1.84 bits per heavy atom. The Labute approximate surface area is 181 Å². The van der Waals surface area contributed by atoms with E-state index < -0.39 is 30.1 Å². The van der Waals surface area contributed by atoms with Crippen molar-refractivity contribution in [3.8, 4) is 11.5 Å². The summed E-state index contributed by atoms with van der Waals surface area (Å²) in [5.74, 6) is -1.39. The van der Waals surface area contributed by atoms with Gasteiger partial charge in [-0.15, -0.1) is 13.2 Å². The lowest BCUT2D eigenvalue weighted by Crippen LogP contribution is -2.45. The number of hydrogen-bond donors (Lipinski definition) is 1. The van der Waals surface area contributed by atoms with Gasteiger partial charge in [-0.2, -0.15) is 8.78 Å². The van der Waals surface area contributed by atoms with Crippen LogP contribution in [0.4, 0.5) is 22.0 Å². The Bertz CT molecular complexity index is 966. The lowest BCUT2D eigenvalue weighted by molar-refractivity contribution is -0.274. The van der Waals surface area contributed by atoms with E-state index in [4.69, 9.17) is 0 Å². The molecule has 32 heavy (non-hydrogen) atoms. The van der Waals surface area contributed by atoms with Crippen LogP contribution in [0.15, 0.2) is 48.5 Å². The first kappa shape index (κ1) is 22.5.